The first-order chi connectivity index (χ1) is 13.3. The fourth-order valence-corrected chi connectivity index (χ4v) is 4.92. The van der Waals surface area contributed by atoms with Gasteiger partial charge in [0.15, 0.2) is 0 Å². The maximum Gasteiger partial charge on any atom is 0.228 e. The minimum absolute atomic E-state index is 0.0716. The van der Waals surface area contributed by atoms with Crippen LogP contribution in [0, 0.1) is 11.8 Å². The van der Waals surface area contributed by atoms with Crippen molar-refractivity contribution in [1.29, 1.82) is 0 Å². The maximum absolute atomic E-state index is 12.9. The Morgan fingerprint density at radius 1 is 0.964 bits per heavy atom. The Kier molecular flexibility index (Phi) is 6.66. The Balaban J connectivity index is 1.42. The number of piperazine rings is 1. The number of likely N-dealkylation sites (tertiary alicyclic amines) is 1. The van der Waals surface area contributed by atoms with Gasteiger partial charge in [-0.3, -0.25) is 14.4 Å². The molecule has 1 saturated carbocycles. The van der Waals surface area contributed by atoms with Gasteiger partial charge in [-0.05, 0) is 33.1 Å². The summed E-state index contributed by atoms with van der Waals surface area (Å²) in [4.78, 5) is 43.3. The molecule has 1 atom stereocenters. The van der Waals surface area contributed by atoms with Crippen molar-refractivity contribution in [2.24, 2.45) is 11.8 Å². The van der Waals surface area contributed by atoms with Crippen LogP contribution in [0.25, 0.3) is 0 Å². The van der Waals surface area contributed by atoms with Crippen molar-refractivity contribution < 1.29 is 14.4 Å². The first-order valence-corrected chi connectivity index (χ1v) is 11.1. The van der Waals surface area contributed by atoms with Crippen LogP contribution in [0.3, 0.4) is 0 Å². The van der Waals surface area contributed by atoms with E-state index in [-0.39, 0.29) is 29.2 Å². The zero-order valence-corrected chi connectivity index (χ0v) is 17.9. The van der Waals surface area contributed by atoms with E-state index in [1.165, 1.54) is 32.1 Å². The topological polar surface area (TPSA) is 60.9 Å². The minimum Gasteiger partial charge on any atom is -0.339 e. The molecule has 1 unspecified atom stereocenters. The van der Waals surface area contributed by atoms with E-state index >= 15 is 0 Å². The van der Waals surface area contributed by atoms with Crippen LogP contribution < -0.4 is 0 Å². The number of hydrogen-bond donors (Lipinski definition) is 0. The lowest BCUT2D eigenvalue weighted by Gasteiger charge is -2.36. The molecule has 0 aromatic heterocycles. The lowest BCUT2D eigenvalue weighted by atomic mass is 9.86. The van der Waals surface area contributed by atoms with E-state index in [1.54, 1.807) is 0 Å². The zero-order chi connectivity index (χ0) is 20.3. The highest BCUT2D eigenvalue weighted by Crippen LogP contribution is 2.29. The molecule has 3 amide bonds. The number of carbonyl (C=O) groups excluding carboxylic acids is 3. The number of hydrogen-bond acceptors (Lipinski definition) is 3. The van der Waals surface area contributed by atoms with Gasteiger partial charge < -0.3 is 14.7 Å². The normalized spacial score (nSPS) is 24.8. The molecule has 0 bridgehead atoms. The monoisotopic (exact) mass is 391 g/mol. The van der Waals surface area contributed by atoms with Gasteiger partial charge in [-0.25, -0.2) is 0 Å². The Morgan fingerprint density at radius 2 is 1.57 bits per heavy atom. The predicted octanol–water partition coefficient (Wildman–Crippen LogP) is 2.66. The van der Waals surface area contributed by atoms with Crippen molar-refractivity contribution >= 4 is 17.7 Å². The van der Waals surface area contributed by atoms with E-state index in [0.29, 0.717) is 45.6 Å². The molecule has 2 heterocycles. The summed E-state index contributed by atoms with van der Waals surface area (Å²) in [5.74, 6) is 0.885. The van der Waals surface area contributed by atoms with Crippen molar-refractivity contribution in [2.75, 3.05) is 32.7 Å². The van der Waals surface area contributed by atoms with E-state index < -0.39 is 0 Å². The van der Waals surface area contributed by atoms with E-state index in [4.69, 9.17) is 0 Å². The summed E-state index contributed by atoms with van der Waals surface area (Å²) < 4.78 is 0. The van der Waals surface area contributed by atoms with Crippen LogP contribution in [-0.2, 0) is 14.4 Å². The summed E-state index contributed by atoms with van der Waals surface area (Å²) in [5, 5.41) is 0. The van der Waals surface area contributed by atoms with E-state index in [9.17, 15) is 14.4 Å². The van der Waals surface area contributed by atoms with Gasteiger partial charge in [0.05, 0.1) is 5.92 Å². The van der Waals surface area contributed by atoms with Crippen LogP contribution in [0.4, 0.5) is 0 Å². The molecule has 6 nitrogen and oxygen atoms in total. The molecule has 3 fully saturated rings. The second-order valence-electron chi connectivity index (χ2n) is 9.82. The summed E-state index contributed by atoms with van der Waals surface area (Å²) in [6.45, 7) is 8.97. The first-order valence-electron chi connectivity index (χ1n) is 11.1. The number of amides is 3. The SMILES string of the molecule is CC(C)(C)N1CC(C(=O)N2CCN(C(=O)CCC3CCCCC3)CC2)CC1=O. The lowest BCUT2D eigenvalue weighted by molar-refractivity contribution is -0.142. The Morgan fingerprint density at radius 3 is 2.14 bits per heavy atom. The molecule has 2 saturated heterocycles. The van der Waals surface area contributed by atoms with Crippen LogP contribution in [-0.4, -0.2) is 70.7 Å². The molecular formula is C22H37N3O3. The lowest BCUT2D eigenvalue weighted by Crippen LogP contribution is -2.52. The van der Waals surface area contributed by atoms with Crippen molar-refractivity contribution in [3.63, 3.8) is 0 Å². The summed E-state index contributed by atoms with van der Waals surface area (Å²) in [5.41, 5.74) is -0.241. The minimum atomic E-state index is -0.241. The molecular weight excluding hydrogens is 354 g/mol. The third kappa shape index (κ3) is 5.06. The first kappa shape index (κ1) is 21.1. The zero-order valence-electron chi connectivity index (χ0n) is 17.9. The summed E-state index contributed by atoms with van der Waals surface area (Å²) in [6, 6.07) is 0. The van der Waals surface area contributed by atoms with Gasteiger partial charge in [0, 0.05) is 51.1 Å². The average Bonchev–Trinajstić information content (AvgIpc) is 3.08. The molecule has 28 heavy (non-hydrogen) atoms. The number of carbonyl (C=O) groups is 3. The van der Waals surface area contributed by atoms with Gasteiger partial charge in [0.2, 0.25) is 17.7 Å². The molecule has 0 aromatic carbocycles. The molecule has 2 aliphatic heterocycles. The summed E-state index contributed by atoms with van der Waals surface area (Å²) in [6.07, 6.45) is 8.52. The third-order valence-corrected chi connectivity index (χ3v) is 6.72. The third-order valence-electron chi connectivity index (χ3n) is 6.72. The van der Waals surface area contributed by atoms with Crippen LogP contribution in [0.15, 0.2) is 0 Å². The second kappa shape index (κ2) is 8.83. The molecule has 1 aliphatic carbocycles. The van der Waals surface area contributed by atoms with Gasteiger partial charge in [-0.2, -0.15) is 0 Å². The molecule has 3 aliphatic rings. The van der Waals surface area contributed by atoms with Crippen molar-refractivity contribution in [3.8, 4) is 0 Å². The fourth-order valence-electron chi connectivity index (χ4n) is 4.92. The standard InChI is InChI=1S/C22H37N3O3/c1-22(2,3)25-16-18(15-20(25)27)21(28)24-13-11-23(12-14-24)19(26)10-9-17-7-5-4-6-8-17/h17-18H,4-16H2,1-3H3. The largest absolute Gasteiger partial charge is 0.339 e. The molecule has 0 radical (unpaired) electrons. The van der Waals surface area contributed by atoms with Crippen molar-refractivity contribution in [2.45, 2.75) is 77.7 Å². The fraction of sp³-hybridized carbons (Fsp3) is 0.864. The smallest absolute Gasteiger partial charge is 0.228 e. The van der Waals surface area contributed by atoms with Crippen LogP contribution in [0.2, 0.25) is 0 Å². The van der Waals surface area contributed by atoms with Gasteiger partial charge in [0.1, 0.15) is 0 Å². The Bertz CT molecular complexity index is 584. The highest BCUT2D eigenvalue weighted by atomic mass is 16.2. The molecule has 0 aromatic rings. The highest BCUT2D eigenvalue weighted by molar-refractivity contribution is 5.89. The Hall–Kier alpha value is -1.59. The predicted molar refractivity (Wildman–Crippen MR) is 109 cm³/mol. The van der Waals surface area contributed by atoms with Gasteiger partial charge in [-0.1, -0.05) is 32.1 Å². The quantitative estimate of drug-likeness (QED) is 0.740. The van der Waals surface area contributed by atoms with Gasteiger partial charge in [-0.15, -0.1) is 0 Å². The van der Waals surface area contributed by atoms with Gasteiger partial charge in [0.25, 0.3) is 0 Å². The molecule has 6 heteroatoms. The second-order valence-corrected chi connectivity index (χ2v) is 9.82. The Labute approximate surface area is 169 Å². The van der Waals surface area contributed by atoms with Crippen molar-refractivity contribution in [1.82, 2.24) is 14.7 Å². The average molecular weight is 392 g/mol. The van der Waals surface area contributed by atoms with Crippen molar-refractivity contribution in [3.05, 3.63) is 0 Å². The van der Waals surface area contributed by atoms with Gasteiger partial charge >= 0.3 is 0 Å². The maximum atomic E-state index is 12.9. The van der Waals surface area contributed by atoms with E-state index in [0.717, 1.165) is 12.3 Å². The van der Waals surface area contributed by atoms with E-state index in [2.05, 4.69) is 0 Å². The molecule has 0 N–H and O–H groups in total. The number of rotatable bonds is 4. The van der Waals surface area contributed by atoms with Crippen LogP contribution in [0.1, 0.15) is 72.1 Å². The molecule has 158 valence electrons. The van der Waals surface area contributed by atoms with Crippen LogP contribution >= 0.6 is 0 Å². The molecule has 3 rings (SSSR count). The highest BCUT2D eigenvalue weighted by Gasteiger charge is 2.41. The summed E-state index contributed by atoms with van der Waals surface area (Å²) >= 11 is 0. The summed E-state index contributed by atoms with van der Waals surface area (Å²) in [7, 11) is 0. The van der Waals surface area contributed by atoms with Crippen LogP contribution in [0.5, 0.6) is 0 Å². The number of nitrogens with zero attached hydrogens (tertiary/aromatic N) is 3. The molecule has 0 spiro atoms. The van der Waals surface area contributed by atoms with E-state index in [1.807, 2.05) is 35.5 Å².